The Morgan fingerprint density at radius 3 is 2.00 bits per heavy atom. The lowest BCUT2D eigenvalue weighted by Crippen LogP contribution is -2.18. The summed E-state index contributed by atoms with van der Waals surface area (Å²) < 4.78 is 0. The van der Waals surface area contributed by atoms with Gasteiger partial charge in [-0.25, -0.2) is 0 Å². The molecule has 0 spiro atoms. The lowest BCUT2D eigenvalue weighted by atomic mass is 10.0. The largest absolute Gasteiger partial charge is 0.301 e. The number of fused-ring (bicyclic) bond motifs is 1. The molecule has 0 atom stereocenters. The van der Waals surface area contributed by atoms with Gasteiger partial charge in [0.1, 0.15) is 0 Å². The molecule has 1 aliphatic rings. The van der Waals surface area contributed by atoms with Crippen LogP contribution in [0.1, 0.15) is 11.1 Å². The van der Waals surface area contributed by atoms with E-state index >= 15 is 0 Å². The molecule has 0 aliphatic carbocycles. The van der Waals surface area contributed by atoms with E-state index in [1.54, 1.807) is 0 Å². The number of nitrogens with zero attached hydrogens (tertiary/aromatic N) is 1. The van der Waals surface area contributed by atoms with Crippen LogP contribution < -0.4 is 0 Å². The Balaban J connectivity index is 2.26. The minimum Gasteiger partial charge on any atom is -0.301 e. The Kier molecular flexibility index (Phi) is 2.13. The van der Waals surface area contributed by atoms with Crippen molar-refractivity contribution in [2.24, 2.45) is 0 Å². The fraction of sp³-hybridized carbons (Fsp3) is 0.364. The van der Waals surface area contributed by atoms with Crippen LogP contribution in [0.15, 0.2) is 24.3 Å². The molecule has 0 saturated carbocycles. The summed E-state index contributed by atoms with van der Waals surface area (Å²) in [7, 11) is 3.97. The van der Waals surface area contributed by atoms with Gasteiger partial charge in [0.05, 0.1) is 0 Å². The standard InChI is InChI=1S/C11H14N/c1-12-8-6-10-4-2-3-5-11(10)7-9-12/h2-5H,1,6-9H2. The molecule has 0 saturated heterocycles. The van der Waals surface area contributed by atoms with Crippen molar-refractivity contribution in [3.05, 3.63) is 42.4 Å². The highest BCUT2D eigenvalue weighted by Crippen LogP contribution is 2.14. The topological polar surface area (TPSA) is 3.24 Å². The molecule has 1 nitrogen and oxygen atoms in total. The Hall–Kier alpha value is -0.820. The summed E-state index contributed by atoms with van der Waals surface area (Å²) in [5, 5.41) is 0. The quantitative estimate of drug-likeness (QED) is 0.560. The highest BCUT2D eigenvalue weighted by molar-refractivity contribution is 5.28. The van der Waals surface area contributed by atoms with Crippen molar-refractivity contribution in [3.63, 3.8) is 0 Å². The van der Waals surface area contributed by atoms with Gasteiger partial charge in [0, 0.05) is 20.1 Å². The predicted molar refractivity (Wildman–Crippen MR) is 50.8 cm³/mol. The summed E-state index contributed by atoms with van der Waals surface area (Å²) in [4.78, 5) is 2.15. The molecule has 1 aromatic rings. The van der Waals surface area contributed by atoms with E-state index in [4.69, 9.17) is 0 Å². The normalized spacial score (nSPS) is 18.4. The molecule has 0 bridgehead atoms. The van der Waals surface area contributed by atoms with E-state index in [9.17, 15) is 0 Å². The molecule has 2 rings (SSSR count). The highest BCUT2D eigenvalue weighted by atomic mass is 15.1. The smallest absolute Gasteiger partial charge is 0.0110 e. The van der Waals surface area contributed by atoms with E-state index in [1.807, 2.05) is 0 Å². The van der Waals surface area contributed by atoms with E-state index in [1.165, 1.54) is 11.1 Å². The van der Waals surface area contributed by atoms with Gasteiger partial charge in [-0.2, -0.15) is 0 Å². The SMILES string of the molecule is [CH2]N1CCc2ccccc2CC1. The molecule has 63 valence electrons. The first kappa shape index (κ1) is 7.81. The average Bonchev–Trinajstić information content (AvgIpc) is 2.29. The maximum Gasteiger partial charge on any atom is 0.0110 e. The van der Waals surface area contributed by atoms with Gasteiger partial charge < -0.3 is 4.90 Å². The Bertz CT molecular complexity index is 240. The molecular weight excluding hydrogens is 146 g/mol. The van der Waals surface area contributed by atoms with Crippen molar-refractivity contribution in [2.75, 3.05) is 13.1 Å². The molecule has 0 amide bonds. The number of benzene rings is 1. The maximum atomic E-state index is 3.97. The molecule has 12 heavy (non-hydrogen) atoms. The van der Waals surface area contributed by atoms with E-state index in [0.29, 0.717) is 0 Å². The van der Waals surface area contributed by atoms with Crippen LogP contribution in [0.3, 0.4) is 0 Å². The van der Waals surface area contributed by atoms with Gasteiger partial charge in [-0.1, -0.05) is 24.3 Å². The van der Waals surface area contributed by atoms with Gasteiger partial charge in [-0.05, 0) is 24.0 Å². The lowest BCUT2D eigenvalue weighted by molar-refractivity contribution is 0.389. The van der Waals surface area contributed by atoms with Gasteiger partial charge in [0.2, 0.25) is 0 Å². The molecule has 1 aliphatic heterocycles. The molecule has 0 unspecified atom stereocenters. The summed E-state index contributed by atoms with van der Waals surface area (Å²) in [5.74, 6) is 0. The van der Waals surface area contributed by atoms with Crippen molar-refractivity contribution in [1.29, 1.82) is 0 Å². The summed E-state index contributed by atoms with van der Waals surface area (Å²) in [6.07, 6.45) is 2.30. The molecule has 1 heterocycles. The first-order valence-corrected chi connectivity index (χ1v) is 4.48. The van der Waals surface area contributed by atoms with E-state index in [-0.39, 0.29) is 0 Å². The first-order chi connectivity index (χ1) is 5.86. The van der Waals surface area contributed by atoms with Crippen molar-refractivity contribution in [1.82, 2.24) is 4.90 Å². The Labute approximate surface area is 74.0 Å². The van der Waals surface area contributed by atoms with Gasteiger partial charge in [-0.15, -0.1) is 0 Å². The second-order valence-electron chi connectivity index (χ2n) is 3.39. The zero-order valence-corrected chi connectivity index (χ0v) is 7.29. The van der Waals surface area contributed by atoms with Gasteiger partial charge in [-0.3, -0.25) is 0 Å². The third kappa shape index (κ3) is 1.51. The Morgan fingerprint density at radius 2 is 1.50 bits per heavy atom. The second-order valence-corrected chi connectivity index (χ2v) is 3.39. The van der Waals surface area contributed by atoms with Crippen LogP contribution in [-0.4, -0.2) is 18.0 Å². The minimum absolute atomic E-state index is 1.09. The van der Waals surface area contributed by atoms with Crippen LogP contribution in [0.25, 0.3) is 0 Å². The van der Waals surface area contributed by atoms with E-state index in [0.717, 1.165) is 25.9 Å². The molecule has 1 heteroatoms. The predicted octanol–water partition coefficient (Wildman–Crippen LogP) is 1.88. The summed E-state index contributed by atoms with van der Waals surface area (Å²) >= 11 is 0. The average molecular weight is 160 g/mol. The molecule has 0 aromatic heterocycles. The highest BCUT2D eigenvalue weighted by Gasteiger charge is 2.09. The number of hydrogen-bond acceptors (Lipinski definition) is 1. The first-order valence-electron chi connectivity index (χ1n) is 4.48. The van der Waals surface area contributed by atoms with Gasteiger partial charge in [0.25, 0.3) is 0 Å². The maximum absolute atomic E-state index is 3.97. The fourth-order valence-corrected chi connectivity index (χ4v) is 1.71. The van der Waals surface area contributed by atoms with Crippen LogP contribution in [0, 0.1) is 7.05 Å². The third-order valence-electron chi connectivity index (χ3n) is 2.51. The van der Waals surface area contributed by atoms with E-state index < -0.39 is 0 Å². The lowest BCUT2D eigenvalue weighted by Gasteiger charge is -2.10. The van der Waals surface area contributed by atoms with Crippen LogP contribution in [0.4, 0.5) is 0 Å². The van der Waals surface area contributed by atoms with Crippen molar-refractivity contribution in [2.45, 2.75) is 12.8 Å². The van der Waals surface area contributed by atoms with E-state index in [2.05, 4.69) is 36.2 Å². The molecule has 0 fully saturated rings. The Morgan fingerprint density at radius 1 is 1.00 bits per heavy atom. The molecule has 1 radical (unpaired) electrons. The zero-order chi connectivity index (χ0) is 8.39. The zero-order valence-electron chi connectivity index (χ0n) is 7.29. The summed E-state index contributed by atoms with van der Waals surface area (Å²) in [6, 6.07) is 8.71. The van der Waals surface area contributed by atoms with Crippen molar-refractivity contribution in [3.8, 4) is 0 Å². The van der Waals surface area contributed by atoms with Crippen molar-refractivity contribution >= 4 is 0 Å². The third-order valence-corrected chi connectivity index (χ3v) is 2.51. The van der Waals surface area contributed by atoms with Crippen LogP contribution in [0.5, 0.6) is 0 Å². The van der Waals surface area contributed by atoms with Gasteiger partial charge in [0.15, 0.2) is 0 Å². The fourth-order valence-electron chi connectivity index (χ4n) is 1.71. The molecular formula is C11H14N. The van der Waals surface area contributed by atoms with Crippen molar-refractivity contribution < 1.29 is 0 Å². The monoisotopic (exact) mass is 160 g/mol. The summed E-state index contributed by atoms with van der Waals surface area (Å²) in [5.41, 5.74) is 3.01. The second kappa shape index (κ2) is 3.28. The summed E-state index contributed by atoms with van der Waals surface area (Å²) in [6.45, 7) is 2.19. The molecule has 1 aromatic carbocycles. The van der Waals surface area contributed by atoms with Gasteiger partial charge >= 0.3 is 0 Å². The minimum atomic E-state index is 1.09. The molecule has 0 N–H and O–H groups in total. The number of hydrogen-bond donors (Lipinski definition) is 0. The van der Waals surface area contributed by atoms with Crippen LogP contribution in [0.2, 0.25) is 0 Å². The van der Waals surface area contributed by atoms with Crippen LogP contribution >= 0.6 is 0 Å². The number of rotatable bonds is 0. The van der Waals surface area contributed by atoms with Crippen LogP contribution in [-0.2, 0) is 12.8 Å².